The lowest BCUT2D eigenvalue weighted by atomic mass is 10.1. The van der Waals surface area contributed by atoms with Crippen molar-refractivity contribution in [3.05, 3.63) is 42.0 Å². The summed E-state index contributed by atoms with van der Waals surface area (Å²) in [4.78, 5) is 7.83. The van der Waals surface area contributed by atoms with Gasteiger partial charge in [-0.15, -0.1) is 0 Å². The highest BCUT2D eigenvalue weighted by molar-refractivity contribution is 5.47. The van der Waals surface area contributed by atoms with Crippen LogP contribution in [0.5, 0.6) is 0 Å². The first-order valence-electron chi connectivity index (χ1n) is 9.83. The summed E-state index contributed by atoms with van der Waals surface area (Å²) < 4.78 is 11.1. The molecule has 1 aromatic rings. The molecule has 2 unspecified atom stereocenters. The highest BCUT2D eigenvalue weighted by Gasteiger charge is 2.58. The smallest absolute Gasteiger partial charge is 0.0594 e. The number of rotatable bonds is 6. The molecule has 3 fully saturated rings. The lowest BCUT2D eigenvalue weighted by Gasteiger charge is -2.30. The monoisotopic (exact) mass is 357 g/mol. The summed E-state index contributed by atoms with van der Waals surface area (Å²) >= 11 is 0. The minimum atomic E-state index is 0.588. The van der Waals surface area contributed by atoms with Gasteiger partial charge in [0.2, 0.25) is 0 Å². The fourth-order valence-electron chi connectivity index (χ4n) is 4.55. The molecule has 2 atom stereocenters. The van der Waals surface area contributed by atoms with Crippen molar-refractivity contribution >= 4 is 6.08 Å². The third-order valence-corrected chi connectivity index (χ3v) is 6.00. The molecule has 1 saturated carbocycles. The average molecular weight is 357 g/mol. The molecule has 0 amide bonds. The first-order chi connectivity index (χ1) is 12.8. The van der Waals surface area contributed by atoms with E-state index < -0.39 is 0 Å². The molecule has 0 N–H and O–H groups in total. The average Bonchev–Trinajstić information content (AvgIpc) is 3.46. The normalized spacial score (nSPS) is 30.5. The van der Waals surface area contributed by atoms with Crippen LogP contribution in [-0.2, 0) is 16.0 Å². The van der Waals surface area contributed by atoms with E-state index >= 15 is 0 Å². The molecule has 1 aromatic carbocycles. The Kier molecular flexibility index (Phi) is 5.72. The zero-order chi connectivity index (χ0) is 17.9. The van der Waals surface area contributed by atoms with Crippen LogP contribution in [0.1, 0.15) is 11.1 Å². The van der Waals surface area contributed by atoms with Gasteiger partial charge in [-0.2, -0.15) is 0 Å². The predicted octanol–water partition coefficient (Wildman–Crippen LogP) is 1.55. The van der Waals surface area contributed by atoms with Gasteiger partial charge in [-0.05, 0) is 18.2 Å². The Labute approximate surface area is 157 Å². The van der Waals surface area contributed by atoms with Crippen molar-refractivity contribution in [1.82, 2.24) is 14.7 Å². The Hall–Kier alpha value is -1.24. The predicted molar refractivity (Wildman–Crippen MR) is 104 cm³/mol. The van der Waals surface area contributed by atoms with E-state index in [0.29, 0.717) is 18.1 Å². The summed E-state index contributed by atoms with van der Waals surface area (Å²) in [6.07, 6.45) is 1.90. The molecule has 26 heavy (non-hydrogen) atoms. The number of ether oxygens (including phenoxy) is 2. The first kappa shape index (κ1) is 18.1. The number of nitrogens with zero attached hydrogens (tertiary/aromatic N) is 3. The Morgan fingerprint density at radius 3 is 1.92 bits per heavy atom. The van der Waals surface area contributed by atoms with Gasteiger partial charge in [-0.3, -0.25) is 14.7 Å². The van der Waals surface area contributed by atoms with Crippen molar-refractivity contribution in [3.63, 3.8) is 0 Å². The standard InChI is InChI=1S/C21H31N3O2/c1-3-17-4-6-18(7-5-17)16-22(2)19-20(23-8-12-25-13-9-23)21(19)24-10-14-26-15-11-24/h3-7,19-21H,1,8-16H2,2H3. The second-order valence-corrected chi connectivity index (χ2v) is 7.63. The van der Waals surface area contributed by atoms with Gasteiger partial charge < -0.3 is 9.47 Å². The summed E-state index contributed by atoms with van der Waals surface area (Å²) in [7, 11) is 2.28. The third kappa shape index (κ3) is 3.87. The number of hydrogen-bond donors (Lipinski definition) is 0. The minimum Gasteiger partial charge on any atom is -0.379 e. The van der Waals surface area contributed by atoms with Crippen molar-refractivity contribution in [1.29, 1.82) is 0 Å². The van der Waals surface area contributed by atoms with Crippen molar-refractivity contribution in [2.75, 3.05) is 59.7 Å². The van der Waals surface area contributed by atoms with Crippen LogP contribution in [-0.4, -0.2) is 92.5 Å². The summed E-state index contributed by atoms with van der Waals surface area (Å²) in [6, 6.07) is 10.6. The van der Waals surface area contributed by atoms with Gasteiger partial charge in [-0.25, -0.2) is 0 Å². The van der Waals surface area contributed by atoms with Crippen LogP contribution in [0, 0.1) is 0 Å². The summed E-state index contributed by atoms with van der Waals surface area (Å²) in [6.45, 7) is 12.5. The van der Waals surface area contributed by atoms with Crippen molar-refractivity contribution < 1.29 is 9.47 Å². The zero-order valence-electron chi connectivity index (χ0n) is 15.8. The van der Waals surface area contributed by atoms with Crippen LogP contribution in [0.4, 0.5) is 0 Å². The topological polar surface area (TPSA) is 28.2 Å². The molecule has 1 aliphatic carbocycles. The first-order valence-corrected chi connectivity index (χ1v) is 9.83. The second kappa shape index (κ2) is 8.19. The van der Waals surface area contributed by atoms with Crippen molar-refractivity contribution in [3.8, 4) is 0 Å². The Morgan fingerprint density at radius 2 is 1.46 bits per heavy atom. The van der Waals surface area contributed by atoms with E-state index in [0.717, 1.165) is 59.2 Å². The van der Waals surface area contributed by atoms with E-state index in [9.17, 15) is 0 Å². The maximum absolute atomic E-state index is 5.57. The lowest BCUT2D eigenvalue weighted by Crippen LogP contribution is -2.44. The number of hydrogen-bond acceptors (Lipinski definition) is 5. The van der Waals surface area contributed by atoms with Gasteiger partial charge in [0, 0.05) is 50.8 Å². The van der Waals surface area contributed by atoms with Crippen molar-refractivity contribution in [2.24, 2.45) is 0 Å². The molecule has 0 bridgehead atoms. The molecule has 0 radical (unpaired) electrons. The van der Waals surface area contributed by atoms with Crippen LogP contribution >= 0.6 is 0 Å². The molecule has 5 heteroatoms. The van der Waals surface area contributed by atoms with E-state index in [-0.39, 0.29) is 0 Å². The van der Waals surface area contributed by atoms with Gasteiger partial charge in [0.05, 0.1) is 26.4 Å². The fraction of sp³-hybridized carbons (Fsp3) is 0.619. The molecule has 2 aliphatic heterocycles. The van der Waals surface area contributed by atoms with Crippen LogP contribution in [0.3, 0.4) is 0 Å². The largest absolute Gasteiger partial charge is 0.379 e. The van der Waals surface area contributed by atoms with Crippen LogP contribution in [0.25, 0.3) is 6.08 Å². The van der Waals surface area contributed by atoms with Crippen LogP contribution < -0.4 is 0 Å². The summed E-state index contributed by atoms with van der Waals surface area (Å²) in [5, 5.41) is 0. The van der Waals surface area contributed by atoms with Crippen LogP contribution in [0.2, 0.25) is 0 Å². The van der Waals surface area contributed by atoms with Gasteiger partial charge in [-0.1, -0.05) is 36.9 Å². The molecular weight excluding hydrogens is 326 g/mol. The van der Waals surface area contributed by atoms with Gasteiger partial charge in [0.1, 0.15) is 0 Å². The van der Waals surface area contributed by atoms with E-state index in [4.69, 9.17) is 9.47 Å². The second-order valence-electron chi connectivity index (χ2n) is 7.63. The van der Waals surface area contributed by atoms with Crippen molar-refractivity contribution in [2.45, 2.75) is 24.7 Å². The van der Waals surface area contributed by atoms with Gasteiger partial charge in [0.25, 0.3) is 0 Å². The van der Waals surface area contributed by atoms with E-state index in [1.807, 2.05) is 6.08 Å². The summed E-state index contributed by atoms with van der Waals surface area (Å²) in [5.41, 5.74) is 2.55. The highest BCUT2D eigenvalue weighted by Crippen LogP contribution is 2.39. The maximum atomic E-state index is 5.57. The Morgan fingerprint density at radius 1 is 0.962 bits per heavy atom. The Bertz CT molecular complexity index is 570. The minimum absolute atomic E-state index is 0.588. The molecule has 2 saturated heterocycles. The molecule has 5 nitrogen and oxygen atoms in total. The van der Waals surface area contributed by atoms with Crippen LogP contribution in [0.15, 0.2) is 30.8 Å². The molecule has 0 aromatic heterocycles. The number of benzene rings is 1. The third-order valence-electron chi connectivity index (χ3n) is 6.00. The SMILES string of the molecule is C=Cc1ccc(CN(C)C2C(N3CCOCC3)C2N2CCOCC2)cc1. The maximum Gasteiger partial charge on any atom is 0.0594 e. The summed E-state index contributed by atoms with van der Waals surface area (Å²) in [5.74, 6) is 0. The molecule has 4 rings (SSSR count). The van der Waals surface area contributed by atoms with Gasteiger partial charge in [0.15, 0.2) is 0 Å². The van der Waals surface area contributed by atoms with Gasteiger partial charge >= 0.3 is 0 Å². The zero-order valence-corrected chi connectivity index (χ0v) is 15.8. The van der Waals surface area contributed by atoms with E-state index in [1.54, 1.807) is 0 Å². The molecule has 142 valence electrons. The molecule has 2 heterocycles. The number of morpholine rings is 2. The molecule has 3 aliphatic rings. The van der Waals surface area contributed by atoms with E-state index in [2.05, 4.69) is 52.6 Å². The van der Waals surface area contributed by atoms with E-state index in [1.165, 1.54) is 11.1 Å². The highest BCUT2D eigenvalue weighted by atomic mass is 16.5. The lowest BCUT2D eigenvalue weighted by molar-refractivity contribution is 0.0121. The fourth-order valence-corrected chi connectivity index (χ4v) is 4.55. The molecular formula is C21H31N3O2. The Balaban J connectivity index is 1.44. The quantitative estimate of drug-likeness (QED) is 0.770. The number of likely N-dealkylation sites (N-methyl/N-ethyl adjacent to an activating group) is 1. The molecule has 0 spiro atoms.